The van der Waals surface area contributed by atoms with Crippen LogP contribution >= 0.6 is 0 Å². The maximum atomic E-state index is 12.8. The average molecular weight is 363 g/mol. The minimum Gasteiger partial charge on any atom is -0.371 e. The van der Waals surface area contributed by atoms with E-state index in [1.807, 2.05) is 36.4 Å². The Bertz CT molecular complexity index is 825. The maximum Gasteiger partial charge on any atom is 0.255 e. The number of nitrogens with one attached hydrogen (secondary N) is 2. The number of piperidine rings is 1. The van der Waals surface area contributed by atoms with Gasteiger partial charge in [0.25, 0.3) is 11.8 Å². The highest BCUT2D eigenvalue weighted by Gasteiger charge is 2.26. The molecule has 5 heteroatoms. The van der Waals surface area contributed by atoms with Crippen LogP contribution in [0.15, 0.2) is 48.5 Å². The largest absolute Gasteiger partial charge is 0.371 e. The molecule has 0 spiro atoms. The molecule has 1 heterocycles. The Labute approximate surface area is 159 Å². The summed E-state index contributed by atoms with van der Waals surface area (Å²) >= 11 is 0. The Morgan fingerprint density at radius 3 is 2.33 bits per heavy atom. The Morgan fingerprint density at radius 1 is 0.889 bits per heavy atom. The molecule has 0 bridgehead atoms. The summed E-state index contributed by atoms with van der Waals surface area (Å²) in [5.41, 5.74) is 2.85. The van der Waals surface area contributed by atoms with Gasteiger partial charge in [0.2, 0.25) is 0 Å². The summed E-state index contributed by atoms with van der Waals surface area (Å²) in [7, 11) is 0. The summed E-state index contributed by atoms with van der Waals surface area (Å²) in [4.78, 5) is 27.5. The van der Waals surface area contributed by atoms with Crippen LogP contribution in [0.4, 0.5) is 11.4 Å². The number of hydrogen-bond donors (Lipinski definition) is 2. The van der Waals surface area contributed by atoms with Crippen LogP contribution in [0.1, 0.15) is 52.8 Å². The number of rotatable bonds is 5. The number of anilines is 2. The first-order valence-corrected chi connectivity index (χ1v) is 9.77. The summed E-state index contributed by atoms with van der Waals surface area (Å²) in [6.07, 6.45) is 5.64. The molecule has 2 N–H and O–H groups in total. The molecule has 1 aliphatic carbocycles. The third-order valence-electron chi connectivity index (χ3n) is 5.14. The van der Waals surface area contributed by atoms with E-state index in [2.05, 4.69) is 15.5 Å². The lowest BCUT2D eigenvalue weighted by molar-refractivity contribution is 0.0950. The van der Waals surface area contributed by atoms with Crippen molar-refractivity contribution in [1.82, 2.24) is 5.32 Å². The summed E-state index contributed by atoms with van der Waals surface area (Å²) in [5.74, 6) is -0.219. The van der Waals surface area contributed by atoms with E-state index in [0.717, 1.165) is 44.5 Å². The predicted octanol–water partition coefficient (Wildman–Crippen LogP) is 3.82. The van der Waals surface area contributed by atoms with Gasteiger partial charge < -0.3 is 15.5 Å². The smallest absolute Gasteiger partial charge is 0.255 e. The SMILES string of the molecule is O=C(Nc1ccc(N2CCCCC2)c(C(=O)NC2CC2)c1)c1ccccc1. The maximum absolute atomic E-state index is 12.8. The van der Waals surface area contributed by atoms with Gasteiger partial charge in [-0.3, -0.25) is 9.59 Å². The normalized spacial score (nSPS) is 16.7. The average Bonchev–Trinajstić information content (AvgIpc) is 3.53. The fourth-order valence-corrected chi connectivity index (χ4v) is 3.49. The molecule has 140 valence electrons. The molecular weight excluding hydrogens is 338 g/mol. The molecule has 1 saturated heterocycles. The third kappa shape index (κ3) is 4.30. The van der Waals surface area contributed by atoms with Crippen molar-refractivity contribution in [1.29, 1.82) is 0 Å². The Kier molecular flexibility index (Phi) is 5.10. The number of benzene rings is 2. The van der Waals surface area contributed by atoms with Gasteiger partial charge in [-0.25, -0.2) is 0 Å². The van der Waals surface area contributed by atoms with Crippen molar-refractivity contribution in [2.24, 2.45) is 0 Å². The van der Waals surface area contributed by atoms with Crippen molar-refractivity contribution in [3.63, 3.8) is 0 Å². The minimum atomic E-state index is -0.171. The Morgan fingerprint density at radius 2 is 1.63 bits per heavy atom. The number of amides is 2. The van der Waals surface area contributed by atoms with Crippen LogP contribution in [0.3, 0.4) is 0 Å². The second-order valence-corrected chi connectivity index (χ2v) is 7.35. The summed E-state index contributed by atoms with van der Waals surface area (Å²) in [6, 6.07) is 15.1. The molecule has 0 aromatic heterocycles. The van der Waals surface area contributed by atoms with Crippen LogP contribution < -0.4 is 15.5 Å². The highest BCUT2D eigenvalue weighted by atomic mass is 16.2. The van der Waals surface area contributed by atoms with Gasteiger partial charge >= 0.3 is 0 Å². The highest BCUT2D eigenvalue weighted by Crippen LogP contribution is 2.29. The van der Waals surface area contributed by atoms with Gasteiger partial charge in [-0.05, 0) is 62.4 Å². The fourth-order valence-electron chi connectivity index (χ4n) is 3.49. The van der Waals surface area contributed by atoms with Crippen molar-refractivity contribution in [2.45, 2.75) is 38.1 Å². The quantitative estimate of drug-likeness (QED) is 0.849. The molecule has 27 heavy (non-hydrogen) atoms. The molecule has 1 saturated carbocycles. The Hall–Kier alpha value is -2.82. The standard InChI is InChI=1S/C22H25N3O2/c26-21(16-7-3-1-4-8-16)24-18-11-12-20(25-13-5-2-6-14-25)19(15-18)22(27)23-17-9-10-17/h1,3-4,7-8,11-12,15,17H,2,5-6,9-10,13-14H2,(H,23,27)(H,24,26). The molecule has 2 aliphatic rings. The van der Waals surface area contributed by atoms with Crippen molar-refractivity contribution >= 4 is 23.2 Å². The molecule has 0 atom stereocenters. The van der Waals surface area contributed by atoms with E-state index in [4.69, 9.17) is 0 Å². The molecule has 5 nitrogen and oxygen atoms in total. The van der Waals surface area contributed by atoms with Gasteiger partial charge in [0.05, 0.1) is 5.56 Å². The zero-order valence-electron chi connectivity index (χ0n) is 15.4. The molecule has 0 unspecified atom stereocenters. The number of carbonyl (C=O) groups excluding carboxylic acids is 2. The summed E-state index contributed by atoms with van der Waals surface area (Å²) in [5, 5.41) is 6.00. The summed E-state index contributed by atoms with van der Waals surface area (Å²) in [6.45, 7) is 1.94. The minimum absolute atomic E-state index is 0.0473. The Balaban J connectivity index is 1.59. The lowest BCUT2D eigenvalue weighted by Gasteiger charge is -2.30. The lowest BCUT2D eigenvalue weighted by atomic mass is 10.1. The van der Waals surface area contributed by atoms with Crippen LogP contribution in [0, 0.1) is 0 Å². The second kappa shape index (κ2) is 7.82. The van der Waals surface area contributed by atoms with E-state index in [-0.39, 0.29) is 11.8 Å². The van der Waals surface area contributed by atoms with Crippen molar-refractivity contribution in [3.8, 4) is 0 Å². The van der Waals surface area contributed by atoms with Crippen LogP contribution in [-0.4, -0.2) is 30.9 Å². The lowest BCUT2D eigenvalue weighted by Crippen LogP contribution is -2.33. The first kappa shape index (κ1) is 17.6. The topological polar surface area (TPSA) is 61.4 Å². The molecule has 0 radical (unpaired) electrons. The van der Waals surface area contributed by atoms with Crippen molar-refractivity contribution < 1.29 is 9.59 Å². The van der Waals surface area contributed by atoms with Gasteiger partial charge in [0.15, 0.2) is 0 Å². The van der Waals surface area contributed by atoms with E-state index >= 15 is 0 Å². The number of nitrogens with zero attached hydrogens (tertiary/aromatic N) is 1. The first-order valence-electron chi connectivity index (χ1n) is 9.77. The van der Waals surface area contributed by atoms with Crippen LogP contribution in [-0.2, 0) is 0 Å². The van der Waals surface area contributed by atoms with E-state index < -0.39 is 0 Å². The van der Waals surface area contributed by atoms with E-state index in [0.29, 0.717) is 22.9 Å². The van der Waals surface area contributed by atoms with Gasteiger partial charge in [0, 0.05) is 36.1 Å². The van der Waals surface area contributed by atoms with Gasteiger partial charge in [-0.1, -0.05) is 18.2 Å². The molecule has 1 aliphatic heterocycles. The van der Waals surface area contributed by atoms with Gasteiger partial charge in [-0.2, -0.15) is 0 Å². The molecule has 2 aromatic carbocycles. The number of hydrogen-bond acceptors (Lipinski definition) is 3. The number of carbonyl (C=O) groups is 2. The monoisotopic (exact) mass is 363 g/mol. The predicted molar refractivity (Wildman–Crippen MR) is 107 cm³/mol. The van der Waals surface area contributed by atoms with Crippen LogP contribution in [0.2, 0.25) is 0 Å². The van der Waals surface area contributed by atoms with Crippen molar-refractivity contribution in [3.05, 3.63) is 59.7 Å². The first-order chi connectivity index (χ1) is 13.2. The fraction of sp³-hybridized carbons (Fsp3) is 0.364. The molecule has 2 amide bonds. The molecule has 4 rings (SSSR count). The third-order valence-corrected chi connectivity index (χ3v) is 5.14. The summed E-state index contributed by atoms with van der Waals surface area (Å²) < 4.78 is 0. The molecule has 2 aromatic rings. The van der Waals surface area contributed by atoms with Crippen LogP contribution in [0.25, 0.3) is 0 Å². The second-order valence-electron chi connectivity index (χ2n) is 7.35. The highest BCUT2D eigenvalue weighted by molar-refractivity contribution is 6.06. The van der Waals surface area contributed by atoms with Gasteiger partial charge in [0.1, 0.15) is 0 Å². The zero-order valence-corrected chi connectivity index (χ0v) is 15.4. The van der Waals surface area contributed by atoms with E-state index in [9.17, 15) is 9.59 Å². The zero-order chi connectivity index (χ0) is 18.6. The van der Waals surface area contributed by atoms with Crippen LogP contribution in [0.5, 0.6) is 0 Å². The van der Waals surface area contributed by atoms with Gasteiger partial charge in [-0.15, -0.1) is 0 Å². The van der Waals surface area contributed by atoms with E-state index in [1.54, 1.807) is 12.1 Å². The molecular formula is C22H25N3O2. The van der Waals surface area contributed by atoms with Crippen molar-refractivity contribution in [2.75, 3.05) is 23.3 Å². The van der Waals surface area contributed by atoms with E-state index in [1.165, 1.54) is 6.42 Å². The molecule has 2 fully saturated rings.